The van der Waals surface area contributed by atoms with E-state index in [0.29, 0.717) is 23.6 Å². The predicted molar refractivity (Wildman–Crippen MR) is 76.4 cm³/mol. The van der Waals surface area contributed by atoms with E-state index in [1.165, 1.54) is 10.9 Å². The van der Waals surface area contributed by atoms with Crippen LogP contribution >= 0.6 is 0 Å². The van der Waals surface area contributed by atoms with Crippen molar-refractivity contribution in [1.29, 1.82) is 0 Å². The summed E-state index contributed by atoms with van der Waals surface area (Å²) >= 11 is 0. The van der Waals surface area contributed by atoms with Gasteiger partial charge in [-0.3, -0.25) is 9.59 Å². The van der Waals surface area contributed by atoms with Gasteiger partial charge in [0.15, 0.2) is 0 Å². The average Bonchev–Trinajstić information content (AvgIpc) is 2.92. The lowest BCUT2D eigenvalue weighted by molar-refractivity contribution is -0.137. The zero-order chi connectivity index (χ0) is 15.9. The van der Waals surface area contributed by atoms with E-state index in [1.54, 1.807) is 24.3 Å². The van der Waals surface area contributed by atoms with E-state index >= 15 is 0 Å². The summed E-state index contributed by atoms with van der Waals surface area (Å²) < 4.78 is 6.50. The lowest BCUT2D eigenvalue weighted by atomic mass is 10.2. The zero-order valence-corrected chi connectivity index (χ0v) is 12.0. The molecule has 0 aliphatic heterocycles. The van der Waals surface area contributed by atoms with E-state index in [9.17, 15) is 9.59 Å². The van der Waals surface area contributed by atoms with Gasteiger partial charge in [0.2, 0.25) is 0 Å². The normalized spacial score (nSPS) is 10.2. The number of carbonyl (C=O) groups excluding carboxylic acids is 1. The number of nitrogens with zero attached hydrogens (tertiary/aromatic N) is 3. The number of hydrogen-bond donors (Lipinski definition) is 2. The van der Waals surface area contributed by atoms with Crippen LogP contribution in [0.25, 0.3) is 0 Å². The van der Waals surface area contributed by atoms with Gasteiger partial charge in [0.1, 0.15) is 18.0 Å². The van der Waals surface area contributed by atoms with E-state index in [1.807, 2.05) is 6.92 Å². The van der Waals surface area contributed by atoms with Gasteiger partial charge in [0, 0.05) is 5.56 Å². The fourth-order valence-electron chi connectivity index (χ4n) is 1.78. The number of carbonyl (C=O) groups is 2. The first-order valence-corrected chi connectivity index (χ1v) is 6.70. The lowest BCUT2D eigenvalue weighted by Gasteiger charge is -2.05. The van der Waals surface area contributed by atoms with Gasteiger partial charge in [-0.15, -0.1) is 5.10 Å². The second kappa shape index (κ2) is 7.21. The van der Waals surface area contributed by atoms with Gasteiger partial charge in [0.25, 0.3) is 5.91 Å². The monoisotopic (exact) mass is 304 g/mol. The highest BCUT2D eigenvalue weighted by Gasteiger charge is 2.08. The molecule has 0 bridgehead atoms. The summed E-state index contributed by atoms with van der Waals surface area (Å²) in [6.45, 7) is 2.36. The smallest absolute Gasteiger partial charge is 0.325 e. The van der Waals surface area contributed by atoms with Crippen LogP contribution in [0.5, 0.6) is 5.75 Å². The highest BCUT2D eigenvalue weighted by atomic mass is 16.5. The molecule has 0 saturated heterocycles. The molecule has 1 aromatic carbocycles. The van der Waals surface area contributed by atoms with E-state index in [0.717, 1.165) is 0 Å². The van der Waals surface area contributed by atoms with Gasteiger partial charge in [-0.2, -0.15) is 0 Å². The number of aliphatic carboxylic acids is 1. The molecule has 0 aliphatic rings. The third kappa shape index (κ3) is 4.30. The zero-order valence-electron chi connectivity index (χ0n) is 12.0. The Hall–Kier alpha value is -2.90. The molecule has 1 amide bonds. The molecule has 22 heavy (non-hydrogen) atoms. The third-order valence-electron chi connectivity index (χ3n) is 2.74. The molecule has 116 valence electrons. The maximum Gasteiger partial charge on any atom is 0.325 e. The van der Waals surface area contributed by atoms with E-state index in [2.05, 4.69) is 15.6 Å². The topological polar surface area (TPSA) is 106 Å². The van der Waals surface area contributed by atoms with Crippen LogP contribution in [-0.4, -0.2) is 38.6 Å². The number of carboxylic acids is 1. The Bertz CT molecular complexity index is 651. The van der Waals surface area contributed by atoms with Gasteiger partial charge in [0.05, 0.1) is 19.3 Å². The number of benzene rings is 1. The fourth-order valence-corrected chi connectivity index (χ4v) is 1.78. The van der Waals surface area contributed by atoms with Crippen molar-refractivity contribution in [2.24, 2.45) is 0 Å². The first-order valence-electron chi connectivity index (χ1n) is 6.70. The molecule has 0 fully saturated rings. The Morgan fingerprint density at radius 2 is 2.05 bits per heavy atom. The summed E-state index contributed by atoms with van der Waals surface area (Å²) in [6, 6.07) is 6.78. The summed E-state index contributed by atoms with van der Waals surface area (Å²) in [7, 11) is 0. The van der Waals surface area contributed by atoms with Crippen LogP contribution in [0, 0.1) is 0 Å². The Balaban J connectivity index is 1.89. The molecule has 2 N–H and O–H groups in total. The van der Waals surface area contributed by atoms with Crippen molar-refractivity contribution in [3.05, 3.63) is 41.7 Å². The van der Waals surface area contributed by atoms with Crippen LogP contribution in [0.2, 0.25) is 0 Å². The summed E-state index contributed by atoms with van der Waals surface area (Å²) in [4.78, 5) is 22.5. The molecule has 8 heteroatoms. The number of nitrogens with one attached hydrogen (secondary N) is 1. The minimum absolute atomic E-state index is 0.172. The number of rotatable bonds is 7. The van der Waals surface area contributed by atoms with E-state index in [4.69, 9.17) is 9.84 Å². The molecule has 8 nitrogen and oxygen atoms in total. The summed E-state index contributed by atoms with van der Waals surface area (Å²) in [5, 5.41) is 18.8. The second-order valence-corrected chi connectivity index (χ2v) is 4.44. The average molecular weight is 304 g/mol. The standard InChI is InChI=1S/C14H16N4O4/c1-2-22-12-5-3-10(4-6-12)14(21)15-7-11-8-18(17-16-11)9-13(19)20/h3-6,8H,2,7,9H2,1H3,(H,15,21)(H,19,20). The number of carboxylic acid groups (broad SMARTS) is 1. The van der Waals surface area contributed by atoms with E-state index in [-0.39, 0.29) is 19.0 Å². The number of ether oxygens (including phenoxy) is 1. The molecule has 2 rings (SSSR count). The quantitative estimate of drug-likeness (QED) is 0.779. The van der Waals surface area contributed by atoms with Crippen LogP contribution in [0.15, 0.2) is 30.5 Å². The Kier molecular flexibility index (Phi) is 5.07. The van der Waals surface area contributed by atoms with Crippen molar-refractivity contribution in [2.45, 2.75) is 20.0 Å². The Morgan fingerprint density at radius 1 is 1.32 bits per heavy atom. The molecule has 0 atom stereocenters. The molecule has 0 radical (unpaired) electrons. The van der Waals surface area contributed by atoms with Crippen LogP contribution in [-0.2, 0) is 17.9 Å². The maximum absolute atomic E-state index is 12.0. The molecule has 0 unspecified atom stereocenters. The highest BCUT2D eigenvalue weighted by molar-refractivity contribution is 5.94. The van der Waals surface area contributed by atoms with Crippen molar-refractivity contribution in [2.75, 3.05) is 6.61 Å². The molecule has 0 spiro atoms. The molecule has 1 heterocycles. The minimum atomic E-state index is -1.00. The van der Waals surface area contributed by atoms with Crippen molar-refractivity contribution in [3.8, 4) is 5.75 Å². The number of hydrogen-bond acceptors (Lipinski definition) is 5. The molecular weight excluding hydrogens is 288 g/mol. The summed E-state index contributed by atoms with van der Waals surface area (Å²) in [5.41, 5.74) is 0.988. The van der Waals surface area contributed by atoms with Crippen molar-refractivity contribution >= 4 is 11.9 Å². The van der Waals surface area contributed by atoms with Gasteiger partial charge >= 0.3 is 5.97 Å². The van der Waals surface area contributed by atoms with Gasteiger partial charge < -0.3 is 15.2 Å². The Morgan fingerprint density at radius 3 is 2.68 bits per heavy atom. The SMILES string of the molecule is CCOc1ccc(C(=O)NCc2cn(CC(=O)O)nn2)cc1. The predicted octanol–water partition coefficient (Wildman–Crippen LogP) is 0.691. The highest BCUT2D eigenvalue weighted by Crippen LogP contribution is 2.12. The maximum atomic E-state index is 12.0. The minimum Gasteiger partial charge on any atom is -0.494 e. The van der Waals surface area contributed by atoms with Crippen LogP contribution in [0.3, 0.4) is 0 Å². The number of aromatic nitrogens is 3. The molecular formula is C14H16N4O4. The largest absolute Gasteiger partial charge is 0.494 e. The second-order valence-electron chi connectivity index (χ2n) is 4.44. The third-order valence-corrected chi connectivity index (χ3v) is 2.74. The molecule has 2 aromatic rings. The number of amides is 1. The van der Waals surface area contributed by atoms with Crippen LogP contribution in [0.4, 0.5) is 0 Å². The van der Waals surface area contributed by atoms with Gasteiger partial charge in [-0.25, -0.2) is 4.68 Å². The van der Waals surface area contributed by atoms with Gasteiger partial charge in [-0.1, -0.05) is 5.21 Å². The van der Waals surface area contributed by atoms with Crippen molar-refractivity contribution in [1.82, 2.24) is 20.3 Å². The molecule has 1 aromatic heterocycles. The molecule has 0 saturated carbocycles. The van der Waals surface area contributed by atoms with Crippen LogP contribution in [0.1, 0.15) is 23.0 Å². The first kappa shape index (κ1) is 15.5. The summed E-state index contributed by atoms with van der Waals surface area (Å²) in [5.74, 6) is -0.554. The summed E-state index contributed by atoms with van der Waals surface area (Å²) in [6.07, 6.45) is 1.48. The molecule has 0 aliphatic carbocycles. The van der Waals surface area contributed by atoms with Crippen LogP contribution < -0.4 is 10.1 Å². The lowest BCUT2D eigenvalue weighted by Crippen LogP contribution is -2.22. The van der Waals surface area contributed by atoms with Gasteiger partial charge in [-0.05, 0) is 31.2 Å². The van der Waals surface area contributed by atoms with Crippen molar-refractivity contribution < 1.29 is 19.4 Å². The first-order chi connectivity index (χ1) is 10.6. The van der Waals surface area contributed by atoms with E-state index < -0.39 is 5.97 Å². The Labute approximate surface area is 126 Å². The van der Waals surface area contributed by atoms with Crippen molar-refractivity contribution in [3.63, 3.8) is 0 Å². The fraction of sp³-hybridized carbons (Fsp3) is 0.286.